The van der Waals surface area contributed by atoms with Crippen molar-refractivity contribution in [2.75, 3.05) is 13.7 Å². The zero-order valence-electron chi connectivity index (χ0n) is 10.3. The molecule has 0 aliphatic heterocycles. The van der Waals surface area contributed by atoms with Crippen molar-refractivity contribution in [3.05, 3.63) is 29.3 Å². The molecule has 1 rings (SSSR count). The minimum atomic E-state index is -0.435. The van der Waals surface area contributed by atoms with E-state index in [9.17, 15) is 9.59 Å². The third-order valence-corrected chi connectivity index (χ3v) is 2.24. The van der Waals surface area contributed by atoms with Crippen molar-refractivity contribution in [1.29, 1.82) is 0 Å². The molecule has 4 nitrogen and oxygen atoms in total. The lowest BCUT2D eigenvalue weighted by Crippen LogP contribution is -2.09. The number of para-hydroxylation sites is 1. The lowest BCUT2D eigenvalue weighted by atomic mass is 10.0. The smallest absolute Gasteiger partial charge is 0.341 e. The topological polar surface area (TPSA) is 52.6 Å². The van der Waals surface area contributed by atoms with Crippen LogP contribution in [0.1, 0.15) is 29.8 Å². The third kappa shape index (κ3) is 3.31. The van der Waals surface area contributed by atoms with Crippen LogP contribution in [0.3, 0.4) is 0 Å². The lowest BCUT2D eigenvalue weighted by molar-refractivity contribution is -0.116. The van der Waals surface area contributed by atoms with Gasteiger partial charge in [-0.05, 0) is 19.9 Å². The van der Waals surface area contributed by atoms with Gasteiger partial charge in [0.1, 0.15) is 17.1 Å². The van der Waals surface area contributed by atoms with Crippen molar-refractivity contribution < 1.29 is 19.1 Å². The maximum absolute atomic E-state index is 11.7. The molecule has 0 bridgehead atoms. The van der Waals surface area contributed by atoms with Crippen LogP contribution in [0.5, 0.6) is 5.75 Å². The number of ether oxygens (including phenoxy) is 2. The van der Waals surface area contributed by atoms with E-state index in [1.807, 2.05) is 0 Å². The minimum absolute atomic E-state index is 0.0179. The van der Waals surface area contributed by atoms with Crippen LogP contribution in [0.25, 0.3) is 0 Å². The Morgan fingerprint density at radius 2 is 2.00 bits per heavy atom. The van der Waals surface area contributed by atoms with Crippen molar-refractivity contribution in [1.82, 2.24) is 0 Å². The predicted molar refractivity (Wildman–Crippen MR) is 63.3 cm³/mol. The van der Waals surface area contributed by atoms with Crippen LogP contribution in [0.2, 0.25) is 0 Å². The molecule has 0 unspecified atom stereocenters. The molecule has 0 aliphatic carbocycles. The molecule has 0 saturated heterocycles. The van der Waals surface area contributed by atoms with Crippen molar-refractivity contribution in [3.63, 3.8) is 0 Å². The standard InChI is InChI=1S/C13H16O4/c1-4-17-13(15)11-7-5-6-10(8-9(2)14)12(11)16-3/h5-7H,4,8H2,1-3H3. The van der Waals surface area contributed by atoms with E-state index < -0.39 is 5.97 Å². The Bertz CT molecular complexity index is 423. The first-order chi connectivity index (χ1) is 8.10. The molecule has 0 amide bonds. The second kappa shape index (κ2) is 6.03. The summed E-state index contributed by atoms with van der Waals surface area (Å²) < 4.78 is 10.1. The fraction of sp³-hybridized carbons (Fsp3) is 0.385. The summed E-state index contributed by atoms with van der Waals surface area (Å²) in [6.07, 6.45) is 0.246. The Balaban J connectivity index is 3.13. The number of esters is 1. The normalized spacial score (nSPS) is 9.82. The van der Waals surface area contributed by atoms with Crippen LogP contribution in [0, 0.1) is 0 Å². The Hall–Kier alpha value is -1.84. The van der Waals surface area contributed by atoms with Gasteiger partial charge in [0.25, 0.3) is 0 Å². The number of methoxy groups -OCH3 is 1. The van der Waals surface area contributed by atoms with E-state index in [2.05, 4.69) is 0 Å². The highest BCUT2D eigenvalue weighted by Crippen LogP contribution is 2.25. The van der Waals surface area contributed by atoms with Gasteiger partial charge in [0.2, 0.25) is 0 Å². The van der Waals surface area contributed by atoms with E-state index >= 15 is 0 Å². The van der Waals surface area contributed by atoms with Crippen LogP contribution in [0.15, 0.2) is 18.2 Å². The van der Waals surface area contributed by atoms with Crippen molar-refractivity contribution in [2.24, 2.45) is 0 Å². The number of hydrogen-bond donors (Lipinski definition) is 0. The van der Waals surface area contributed by atoms with Gasteiger partial charge in [0, 0.05) is 12.0 Å². The van der Waals surface area contributed by atoms with Gasteiger partial charge in [0.05, 0.1) is 13.7 Å². The molecule has 92 valence electrons. The number of Topliss-reactive ketones (excluding diaryl/α,β-unsaturated/α-hetero) is 1. The van der Waals surface area contributed by atoms with Crippen LogP contribution in [-0.4, -0.2) is 25.5 Å². The number of hydrogen-bond acceptors (Lipinski definition) is 4. The summed E-state index contributed by atoms with van der Waals surface area (Å²) in [7, 11) is 1.47. The quantitative estimate of drug-likeness (QED) is 0.734. The molecule has 0 saturated carbocycles. The summed E-state index contributed by atoms with van der Waals surface area (Å²) in [5.74, 6) is 0.000195. The average molecular weight is 236 g/mol. The fourth-order valence-electron chi connectivity index (χ4n) is 1.60. The first kappa shape index (κ1) is 13.2. The van der Waals surface area contributed by atoms with Crippen LogP contribution in [-0.2, 0) is 16.0 Å². The molecule has 4 heteroatoms. The predicted octanol–water partition coefficient (Wildman–Crippen LogP) is 2.00. The molecule has 0 fully saturated rings. The average Bonchev–Trinajstić information content (AvgIpc) is 2.28. The van der Waals surface area contributed by atoms with Gasteiger partial charge in [-0.1, -0.05) is 12.1 Å². The van der Waals surface area contributed by atoms with E-state index in [1.165, 1.54) is 14.0 Å². The SMILES string of the molecule is CCOC(=O)c1cccc(CC(C)=O)c1OC. The van der Waals surface area contributed by atoms with E-state index in [1.54, 1.807) is 25.1 Å². The molecular formula is C13H16O4. The zero-order chi connectivity index (χ0) is 12.8. The molecule has 0 N–H and O–H groups in total. The van der Waals surface area contributed by atoms with E-state index in [0.717, 1.165) is 0 Å². The molecule has 0 atom stereocenters. The van der Waals surface area contributed by atoms with E-state index in [0.29, 0.717) is 23.5 Å². The van der Waals surface area contributed by atoms with Gasteiger partial charge in [0.15, 0.2) is 0 Å². The van der Waals surface area contributed by atoms with Crippen LogP contribution >= 0.6 is 0 Å². The molecule has 0 spiro atoms. The number of carbonyl (C=O) groups is 2. The highest BCUT2D eigenvalue weighted by atomic mass is 16.5. The molecule has 0 heterocycles. The Morgan fingerprint density at radius 3 is 2.53 bits per heavy atom. The van der Waals surface area contributed by atoms with Crippen molar-refractivity contribution >= 4 is 11.8 Å². The third-order valence-electron chi connectivity index (χ3n) is 2.24. The zero-order valence-corrected chi connectivity index (χ0v) is 10.3. The molecule has 1 aromatic rings. The maximum Gasteiger partial charge on any atom is 0.341 e. The summed E-state index contributed by atoms with van der Waals surface area (Å²) in [5, 5.41) is 0. The van der Waals surface area contributed by atoms with Gasteiger partial charge in [-0.3, -0.25) is 4.79 Å². The molecule has 17 heavy (non-hydrogen) atoms. The lowest BCUT2D eigenvalue weighted by Gasteiger charge is -2.11. The number of carbonyl (C=O) groups excluding carboxylic acids is 2. The minimum Gasteiger partial charge on any atom is -0.496 e. The van der Waals surface area contributed by atoms with Gasteiger partial charge < -0.3 is 9.47 Å². The molecular weight excluding hydrogens is 220 g/mol. The summed E-state index contributed by atoms with van der Waals surface area (Å²) in [6.45, 7) is 3.54. The highest BCUT2D eigenvalue weighted by Gasteiger charge is 2.17. The van der Waals surface area contributed by atoms with Gasteiger partial charge in [-0.2, -0.15) is 0 Å². The van der Waals surface area contributed by atoms with Crippen LogP contribution < -0.4 is 4.74 Å². The monoisotopic (exact) mass is 236 g/mol. The summed E-state index contributed by atoms with van der Waals surface area (Å²) in [5.41, 5.74) is 1.05. The van der Waals surface area contributed by atoms with E-state index in [4.69, 9.17) is 9.47 Å². The van der Waals surface area contributed by atoms with Crippen LogP contribution in [0.4, 0.5) is 0 Å². The highest BCUT2D eigenvalue weighted by molar-refractivity contribution is 5.93. The second-order valence-electron chi connectivity index (χ2n) is 3.60. The molecule has 0 radical (unpaired) electrons. The van der Waals surface area contributed by atoms with Gasteiger partial charge in [-0.15, -0.1) is 0 Å². The first-order valence-electron chi connectivity index (χ1n) is 5.42. The second-order valence-corrected chi connectivity index (χ2v) is 3.60. The van der Waals surface area contributed by atoms with Crippen molar-refractivity contribution in [3.8, 4) is 5.75 Å². The summed E-state index contributed by atoms with van der Waals surface area (Å²) in [6, 6.07) is 5.11. The molecule has 1 aromatic carbocycles. The first-order valence-corrected chi connectivity index (χ1v) is 5.42. The largest absolute Gasteiger partial charge is 0.496 e. The Morgan fingerprint density at radius 1 is 1.29 bits per heavy atom. The molecule has 0 aromatic heterocycles. The Labute approximate surface area is 101 Å². The number of rotatable bonds is 5. The summed E-state index contributed by atoms with van der Waals surface area (Å²) in [4.78, 5) is 22.8. The summed E-state index contributed by atoms with van der Waals surface area (Å²) >= 11 is 0. The molecule has 0 aliphatic rings. The van der Waals surface area contributed by atoms with Gasteiger partial charge in [-0.25, -0.2) is 4.79 Å². The fourth-order valence-corrected chi connectivity index (χ4v) is 1.60. The Kier molecular flexibility index (Phi) is 4.69. The van der Waals surface area contributed by atoms with Crippen molar-refractivity contribution in [2.45, 2.75) is 20.3 Å². The number of ketones is 1. The number of benzene rings is 1. The van der Waals surface area contributed by atoms with Gasteiger partial charge >= 0.3 is 5.97 Å². The van der Waals surface area contributed by atoms with E-state index in [-0.39, 0.29) is 12.2 Å². The maximum atomic E-state index is 11.7.